The van der Waals surface area contributed by atoms with Crippen molar-refractivity contribution in [3.05, 3.63) is 93.7 Å². The molecule has 10 heteroatoms. The van der Waals surface area contributed by atoms with Gasteiger partial charge in [-0.15, -0.1) is 10.2 Å². The average Bonchev–Trinajstić information content (AvgIpc) is 3.24. The Labute approximate surface area is 210 Å². The lowest BCUT2D eigenvalue weighted by Gasteiger charge is -2.12. The van der Waals surface area contributed by atoms with E-state index in [1.165, 1.54) is 11.8 Å². The maximum absolute atomic E-state index is 12.5. The van der Waals surface area contributed by atoms with Crippen LogP contribution in [0.25, 0.3) is 5.69 Å². The summed E-state index contributed by atoms with van der Waals surface area (Å²) in [6.45, 7) is 0.439. The molecule has 0 aliphatic heterocycles. The van der Waals surface area contributed by atoms with Crippen molar-refractivity contribution in [2.45, 2.75) is 11.7 Å². The molecule has 4 rings (SSSR count). The van der Waals surface area contributed by atoms with Crippen LogP contribution in [0.3, 0.4) is 0 Å². The van der Waals surface area contributed by atoms with E-state index in [1.807, 2.05) is 59.2 Å². The van der Waals surface area contributed by atoms with Crippen LogP contribution < -0.4 is 10.6 Å². The highest BCUT2D eigenvalue weighted by molar-refractivity contribution is 7.99. The van der Waals surface area contributed by atoms with Gasteiger partial charge in [0.15, 0.2) is 11.0 Å². The van der Waals surface area contributed by atoms with Gasteiger partial charge in [0.1, 0.15) is 0 Å². The molecule has 0 saturated heterocycles. The molecule has 0 atom stereocenters. The monoisotopic (exact) mass is 517 g/mol. The van der Waals surface area contributed by atoms with E-state index < -0.39 is 0 Å². The van der Waals surface area contributed by atoms with E-state index in [1.54, 1.807) is 18.2 Å². The Kier molecular flexibility index (Phi) is 7.77. The zero-order valence-electron chi connectivity index (χ0n) is 17.1. The molecule has 0 spiro atoms. The van der Waals surface area contributed by atoms with E-state index in [0.29, 0.717) is 38.3 Å². The molecular weight excluding hydrogens is 501 g/mol. The molecule has 168 valence electrons. The van der Waals surface area contributed by atoms with Crippen molar-refractivity contribution in [3.8, 4) is 5.69 Å². The minimum atomic E-state index is -0.229. The molecule has 0 unspecified atom stereocenters. The van der Waals surface area contributed by atoms with Crippen LogP contribution in [0, 0.1) is 0 Å². The van der Waals surface area contributed by atoms with Gasteiger partial charge in [0.25, 0.3) is 0 Å². The minimum Gasteiger partial charge on any atom is -0.378 e. The Hall–Kier alpha value is -2.71. The van der Waals surface area contributed by atoms with Crippen LogP contribution in [0.2, 0.25) is 15.1 Å². The third-order valence-corrected chi connectivity index (χ3v) is 6.57. The first-order valence-corrected chi connectivity index (χ1v) is 12.0. The predicted molar refractivity (Wildman–Crippen MR) is 136 cm³/mol. The summed E-state index contributed by atoms with van der Waals surface area (Å²) in [4.78, 5) is 12.5. The molecule has 1 heterocycles. The summed E-state index contributed by atoms with van der Waals surface area (Å²) < 4.78 is 1.92. The van der Waals surface area contributed by atoms with Crippen molar-refractivity contribution in [2.24, 2.45) is 0 Å². The summed E-state index contributed by atoms with van der Waals surface area (Å²) in [6.07, 6.45) is 0. The lowest BCUT2D eigenvalue weighted by molar-refractivity contribution is -0.113. The quantitative estimate of drug-likeness (QED) is 0.258. The zero-order chi connectivity index (χ0) is 23.2. The number of carbonyl (C=O) groups excluding carboxylic acids is 1. The smallest absolute Gasteiger partial charge is 0.234 e. The zero-order valence-corrected chi connectivity index (χ0v) is 20.2. The Morgan fingerprint density at radius 3 is 2.42 bits per heavy atom. The second-order valence-corrected chi connectivity index (χ2v) is 9.03. The van der Waals surface area contributed by atoms with Crippen molar-refractivity contribution < 1.29 is 4.79 Å². The summed E-state index contributed by atoms with van der Waals surface area (Å²) in [5.41, 5.74) is 2.28. The van der Waals surface area contributed by atoms with E-state index in [4.69, 9.17) is 34.8 Å². The molecule has 33 heavy (non-hydrogen) atoms. The Balaban J connectivity index is 1.49. The van der Waals surface area contributed by atoms with E-state index in [9.17, 15) is 4.79 Å². The van der Waals surface area contributed by atoms with Crippen molar-refractivity contribution in [1.82, 2.24) is 14.8 Å². The van der Waals surface area contributed by atoms with E-state index in [0.717, 1.165) is 11.4 Å². The number of hydrogen-bond acceptors (Lipinski definition) is 5. The van der Waals surface area contributed by atoms with Gasteiger partial charge < -0.3 is 10.6 Å². The summed E-state index contributed by atoms with van der Waals surface area (Å²) >= 11 is 19.4. The van der Waals surface area contributed by atoms with Gasteiger partial charge in [-0.25, -0.2) is 0 Å². The van der Waals surface area contributed by atoms with Crippen molar-refractivity contribution in [3.63, 3.8) is 0 Å². The van der Waals surface area contributed by atoms with E-state index in [-0.39, 0.29) is 11.7 Å². The highest BCUT2D eigenvalue weighted by Crippen LogP contribution is 2.30. The molecule has 0 saturated carbocycles. The number of nitrogens with one attached hydrogen (secondary N) is 2. The van der Waals surface area contributed by atoms with Crippen molar-refractivity contribution >= 4 is 63.8 Å². The lowest BCUT2D eigenvalue weighted by atomic mass is 10.3. The SMILES string of the molecule is O=C(CSc1nnc(CNc2ccc(Cl)cc2)n1-c1ccccc1)Nc1cccc(Cl)c1Cl. The molecule has 6 nitrogen and oxygen atoms in total. The predicted octanol–water partition coefficient (Wildman–Crippen LogP) is 6.57. The Morgan fingerprint density at radius 1 is 0.909 bits per heavy atom. The highest BCUT2D eigenvalue weighted by Gasteiger charge is 2.16. The Morgan fingerprint density at radius 2 is 1.67 bits per heavy atom. The summed E-state index contributed by atoms with van der Waals surface area (Å²) in [6, 6.07) is 22.3. The molecule has 0 aliphatic carbocycles. The first-order valence-electron chi connectivity index (χ1n) is 9.87. The third kappa shape index (κ3) is 6.00. The van der Waals surface area contributed by atoms with Gasteiger partial charge in [-0.05, 0) is 48.5 Å². The van der Waals surface area contributed by atoms with Gasteiger partial charge in [-0.3, -0.25) is 9.36 Å². The fourth-order valence-electron chi connectivity index (χ4n) is 3.01. The largest absolute Gasteiger partial charge is 0.378 e. The summed E-state index contributed by atoms with van der Waals surface area (Å²) in [5, 5.41) is 16.7. The van der Waals surface area contributed by atoms with Gasteiger partial charge in [-0.1, -0.05) is 70.8 Å². The fourth-order valence-corrected chi connectivity index (χ4v) is 4.25. The van der Waals surface area contributed by atoms with Crippen LogP contribution in [0.15, 0.2) is 78.0 Å². The first-order chi connectivity index (χ1) is 16.0. The van der Waals surface area contributed by atoms with Crippen LogP contribution in [0.1, 0.15) is 5.82 Å². The first kappa shape index (κ1) is 23.4. The van der Waals surface area contributed by atoms with Gasteiger partial charge in [0, 0.05) is 16.4 Å². The molecular formula is C23H18Cl3N5OS. The molecule has 1 aromatic heterocycles. The maximum atomic E-state index is 12.5. The van der Waals surface area contributed by atoms with Gasteiger partial charge in [0.2, 0.25) is 5.91 Å². The molecule has 2 N–H and O–H groups in total. The van der Waals surface area contributed by atoms with Crippen LogP contribution in [0.5, 0.6) is 0 Å². The number of benzene rings is 3. The Bertz CT molecular complexity index is 1250. The number of thioether (sulfide) groups is 1. The number of amides is 1. The number of halogens is 3. The van der Waals surface area contributed by atoms with Gasteiger partial charge in [-0.2, -0.15) is 0 Å². The summed E-state index contributed by atoms with van der Waals surface area (Å²) in [7, 11) is 0. The molecule has 0 bridgehead atoms. The average molecular weight is 519 g/mol. The van der Waals surface area contributed by atoms with E-state index >= 15 is 0 Å². The highest BCUT2D eigenvalue weighted by atomic mass is 35.5. The number of anilines is 2. The van der Waals surface area contributed by atoms with Crippen LogP contribution in [-0.2, 0) is 11.3 Å². The molecule has 1 amide bonds. The van der Waals surface area contributed by atoms with Gasteiger partial charge >= 0.3 is 0 Å². The topological polar surface area (TPSA) is 71.8 Å². The maximum Gasteiger partial charge on any atom is 0.234 e. The molecule has 0 aliphatic rings. The second kappa shape index (κ2) is 10.9. The van der Waals surface area contributed by atoms with Crippen LogP contribution >= 0.6 is 46.6 Å². The summed E-state index contributed by atoms with van der Waals surface area (Å²) in [5.74, 6) is 0.600. The molecule has 4 aromatic rings. The lowest BCUT2D eigenvalue weighted by Crippen LogP contribution is -2.15. The van der Waals surface area contributed by atoms with Crippen molar-refractivity contribution in [1.29, 1.82) is 0 Å². The number of rotatable bonds is 8. The molecule has 0 fully saturated rings. The molecule has 3 aromatic carbocycles. The fraction of sp³-hybridized carbons (Fsp3) is 0.0870. The van der Waals surface area contributed by atoms with Crippen LogP contribution in [0.4, 0.5) is 11.4 Å². The third-order valence-electron chi connectivity index (χ3n) is 4.57. The number of para-hydroxylation sites is 1. The standard InChI is InChI=1S/C23H18Cl3N5OS/c24-15-9-11-16(12-10-15)27-13-20-29-30-23(31(20)17-5-2-1-3-6-17)33-14-21(32)28-19-8-4-7-18(25)22(19)26/h1-12,27H,13-14H2,(H,28,32). The van der Waals surface area contributed by atoms with E-state index in [2.05, 4.69) is 20.8 Å². The second-order valence-electron chi connectivity index (χ2n) is 6.87. The number of carbonyl (C=O) groups is 1. The van der Waals surface area contributed by atoms with Crippen molar-refractivity contribution in [2.75, 3.05) is 16.4 Å². The molecule has 0 radical (unpaired) electrons. The van der Waals surface area contributed by atoms with Crippen LogP contribution in [-0.4, -0.2) is 26.4 Å². The van der Waals surface area contributed by atoms with Gasteiger partial charge in [0.05, 0.1) is 28.0 Å². The number of nitrogens with zero attached hydrogens (tertiary/aromatic N) is 3. The normalized spacial score (nSPS) is 10.8. The number of hydrogen-bond donors (Lipinski definition) is 2. The minimum absolute atomic E-state index is 0.123. The number of aromatic nitrogens is 3.